The zero-order chi connectivity index (χ0) is 33.0. The lowest BCUT2D eigenvalue weighted by Gasteiger charge is -2.11. The normalized spacial score (nSPS) is 12.6. The van der Waals surface area contributed by atoms with E-state index in [9.17, 15) is 0 Å². The van der Waals surface area contributed by atoms with E-state index in [0.29, 0.717) is 17.5 Å². The zero-order valence-corrected chi connectivity index (χ0v) is 27.8. The van der Waals surface area contributed by atoms with E-state index in [1.807, 2.05) is 35.6 Å². The van der Waals surface area contributed by atoms with Crippen LogP contribution in [0.1, 0.15) is 17.7 Å². The summed E-state index contributed by atoms with van der Waals surface area (Å²) >= 11 is 1.83. The van der Waals surface area contributed by atoms with E-state index in [2.05, 4.69) is 127 Å². The van der Waals surface area contributed by atoms with E-state index in [4.69, 9.17) is 19.4 Å². The molecule has 50 heavy (non-hydrogen) atoms. The molecule has 3 heterocycles. The molecule has 0 N–H and O–H groups in total. The first-order chi connectivity index (χ1) is 24.7. The first kappa shape index (κ1) is 28.8. The largest absolute Gasteiger partial charge is 0.460 e. The van der Waals surface area contributed by atoms with Crippen molar-refractivity contribution in [2.45, 2.75) is 12.8 Å². The van der Waals surface area contributed by atoms with Gasteiger partial charge in [-0.15, -0.1) is 11.3 Å². The van der Waals surface area contributed by atoms with E-state index >= 15 is 0 Å². The van der Waals surface area contributed by atoms with Gasteiger partial charge in [0.1, 0.15) is 11.3 Å². The van der Waals surface area contributed by atoms with Crippen molar-refractivity contribution in [3.8, 4) is 56.4 Å². The van der Waals surface area contributed by atoms with Crippen molar-refractivity contribution in [1.29, 1.82) is 0 Å². The Balaban J connectivity index is 1.21. The van der Waals surface area contributed by atoms with Gasteiger partial charge in [0.05, 0.1) is 0 Å². The van der Waals surface area contributed by atoms with E-state index in [-0.39, 0.29) is 0 Å². The first-order valence-electron chi connectivity index (χ1n) is 16.9. The Kier molecular flexibility index (Phi) is 6.78. The molecule has 0 aliphatic heterocycles. The Hall–Kier alpha value is -6.17. The lowest BCUT2D eigenvalue weighted by atomic mass is 9.95. The Morgan fingerprint density at radius 3 is 1.98 bits per heavy atom. The van der Waals surface area contributed by atoms with Crippen LogP contribution in [0.5, 0.6) is 0 Å². The fraction of sp³-hybridized carbons (Fsp3) is 0.0444. The van der Waals surface area contributed by atoms with Gasteiger partial charge in [-0.2, -0.15) is 0 Å². The van der Waals surface area contributed by atoms with Crippen LogP contribution in [0, 0.1) is 0 Å². The quantitative estimate of drug-likeness (QED) is 0.184. The predicted octanol–water partition coefficient (Wildman–Crippen LogP) is 12.3. The third-order valence-electron chi connectivity index (χ3n) is 9.57. The van der Waals surface area contributed by atoms with Crippen LogP contribution in [-0.2, 0) is 6.42 Å². The van der Waals surface area contributed by atoms with Crippen molar-refractivity contribution in [1.82, 2.24) is 15.0 Å². The molecule has 0 bridgehead atoms. The molecule has 0 fully saturated rings. The van der Waals surface area contributed by atoms with Gasteiger partial charge in [-0.1, -0.05) is 115 Å². The van der Waals surface area contributed by atoms with Crippen molar-refractivity contribution in [3.05, 3.63) is 157 Å². The number of allylic oxidation sites excluding steroid dienone is 1. The Bertz CT molecular complexity index is 2760. The fourth-order valence-electron chi connectivity index (χ4n) is 7.11. The Morgan fingerprint density at radius 2 is 1.14 bits per heavy atom. The summed E-state index contributed by atoms with van der Waals surface area (Å²) in [6.07, 6.45) is 6.30. The molecular weight excluding hydrogens is 631 g/mol. The lowest BCUT2D eigenvalue weighted by molar-refractivity contribution is 0.547. The van der Waals surface area contributed by atoms with E-state index < -0.39 is 0 Å². The summed E-state index contributed by atoms with van der Waals surface area (Å²) < 4.78 is 9.25. The first-order valence-corrected chi connectivity index (χ1v) is 17.7. The van der Waals surface area contributed by atoms with Gasteiger partial charge in [-0.25, -0.2) is 15.0 Å². The molecule has 0 amide bonds. The maximum Gasteiger partial charge on any atom is 0.164 e. The van der Waals surface area contributed by atoms with Gasteiger partial charge in [0, 0.05) is 59.8 Å². The molecule has 5 heteroatoms. The molecule has 0 unspecified atom stereocenters. The van der Waals surface area contributed by atoms with Crippen LogP contribution in [0.4, 0.5) is 0 Å². The van der Waals surface area contributed by atoms with Crippen LogP contribution in [0.2, 0.25) is 0 Å². The minimum absolute atomic E-state index is 0.624. The number of benzene rings is 6. The number of rotatable bonds is 5. The molecule has 6 aromatic carbocycles. The number of thiophene rings is 1. The van der Waals surface area contributed by atoms with Gasteiger partial charge in [-0.05, 0) is 59.5 Å². The highest BCUT2D eigenvalue weighted by atomic mass is 32.1. The molecule has 1 aliphatic carbocycles. The number of hydrogen-bond donors (Lipinski definition) is 0. The molecule has 10 rings (SSSR count). The lowest BCUT2D eigenvalue weighted by Crippen LogP contribution is -2.00. The molecule has 236 valence electrons. The molecular formula is C45H29N3OS. The highest BCUT2D eigenvalue weighted by molar-refractivity contribution is 7.25. The summed E-state index contributed by atoms with van der Waals surface area (Å²) in [5.41, 5.74) is 9.25. The van der Waals surface area contributed by atoms with Crippen LogP contribution in [0.25, 0.3) is 93.6 Å². The third kappa shape index (κ3) is 4.94. The second-order valence-electron chi connectivity index (χ2n) is 12.7. The number of aromatic nitrogens is 3. The molecule has 0 saturated heterocycles. The topological polar surface area (TPSA) is 51.8 Å². The number of nitrogens with zero attached hydrogens (tertiary/aromatic N) is 3. The number of hydrogen-bond acceptors (Lipinski definition) is 5. The van der Waals surface area contributed by atoms with Crippen molar-refractivity contribution in [2.24, 2.45) is 0 Å². The third-order valence-corrected chi connectivity index (χ3v) is 10.7. The molecule has 0 atom stereocenters. The van der Waals surface area contributed by atoms with E-state index in [1.165, 1.54) is 20.2 Å². The van der Waals surface area contributed by atoms with Crippen LogP contribution in [0.3, 0.4) is 0 Å². The van der Waals surface area contributed by atoms with Gasteiger partial charge < -0.3 is 4.42 Å². The summed E-state index contributed by atoms with van der Waals surface area (Å²) in [5, 5.41) is 3.61. The molecule has 4 nitrogen and oxygen atoms in total. The fourth-order valence-corrected chi connectivity index (χ4v) is 8.19. The molecule has 0 spiro atoms. The van der Waals surface area contributed by atoms with Crippen LogP contribution < -0.4 is 0 Å². The van der Waals surface area contributed by atoms with E-state index in [0.717, 1.165) is 74.1 Å². The summed E-state index contributed by atoms with van der Waals surface area (Å²) in [4.78, 5) is 15.4. The summed E-state index contributed by atoms with van der Waals surface area (Å²) in [6, 6.07) is 48.8. The molecule has 9 aromatic rings. The number of furan rings is 1. The van der Waals surface area contributed by atoms with Crippen molar-refractivity contribution < 1.29 is 4.42 Å². The van der Waals surface area contributed by atoms with Gasteiger partial charge in [0.15, 0.2) is 17.5 Å². The molecule has 0 radical (unpaired) electrons. The van der Waals surface area contributed by atoms with Crippen molar-refractivity contribution in [3.63, 3.8) is 0 Å². The van der Waals surface area contributed by atoms with Crippen LogP contribution in [0.15, 0.2) is 150 Å². The van der Waals surface area contributed by atoms with Gasteiger partial charge in [0.25, 0.3) is 0 Å². The van der Waals surface area contributed by atoms with Gasteiger partial charge in [-0.3, -0.25) is 0 Å². The summed E-state index contributed by atoms with van der Waals surface area (Å²) in [7, 11) is 0. The minimum Gasteiger partial charge on any atom is -0.460 e. The van der Waals surface area contributed by atoms with Crippen molar-refractivity contribution in [2.75, 3.05) is 0 Å². The maximum atomic E-state index is 6.69. The number of aryl methyl sites for hydroxylation is 1. The monoisotopic (exact) mass is 659 g/mol. The molecule has 3 aromatic heterocycles. The average Bonchev–Trinajstić information content (AvgIpc) is 3.76. The molecule has 0 saturated carbocycles. The SMILES string of the molecule is C1=Cc2c(oc3c(-c4ccc5sc6ccccc6c5c4)cc(-c4nc(-c5ccccc5)nc(-c5cccc(-c6ccccc6)c5)n4)cc23)CC1. The smallest absolute Gasteiger partial charge is 0.164 e. The number of fused-ring (bicyclic) bond motifs is 6. The van der Waals surface area contributed by atoms with Crippen LogP contribution in [-0.4, -0.2) is 15.0 Å². The summed E-state index contributed by atoms with van der Waals surface area (Å²) in [6.45, 7) is 0. The highest BCUT2D eigenvalue weighted by Gasteiger charge is 2.22. The van der Waals surface area contributed by atoms with E-state index in [1.54, 1.807) is 0 Å². The Morgan fingerprint density at radius 1 is 0.480 bits per heavy atom. The minimum atomic E-state index is 0.624. The standard InChI is InChI=1S/C45H29N3OS/c1-3-12-28(13-4-1)30-16-11-17-32(24-30)44-46-43(29-14-5-2-6-15-29)47-45(48-44)33-26-36(42-38(27-33)34-18-7-9-20-39(34)49-42)31-22-23-41-37(25-31)35-19-8-10-21-40(35)50-41/h1-8,10-19,21-27H,9,20H2. The van der Waals surface area contributed by atoms with Crippen molar-refractivity contribution >= 4 is 48.6 Å². The highest BCUT2D eigenvalue weighted by Crippen LogP contribution is 2.43. The maximum absolute atomic E-state index is 6.69. The second-order valence-corrected chi connectivity index (χ2v) is 13.8. The Labute approximate surface area is 293 Å². The zero-order valence-electron chi connectivity index (χ0n) is 27.0. The average molecular weight is 660 g/mol. The molecule has 1 aliphatic rings. The van der Waals surface area contributed by atoms with Gasteiger partial charge in [0.2, 0.25) is 0 Å². The van der Waals surface area contributed by atoms with Crippen LogP contribution >= 0.6 is 11.3 Å². The second kappa shape index (κ2) is 11.8. The predicted molar refractivity (Wildman–Crippen MR) is 207 cm³/mol. The summed E-state index contributed by atoms with van der Waals surface area (Å²) in [5.74, 6) is 2.92. The van der Waals surface area contributed by atoms with Gasteiger partial charge >= 0.3 is 0 Å².